The summed E-state index contributed by atoms with van der Waals surface area (Å²) in [5.74, 6) is -3.94. The van der Waals surface area contributed by atoms with Crippen LogP contribution in [0.5, 0.6) is 0 Å². The van der Waals surface area contributed by atoms with Crippen molar-refractivity contribution in [3.05, 3.63) is 157 Å². The van der Waals surface area contributed by atoms with Crippen molar-refractivity contribution in [2.75, 3.05) is 26.5 Å². The number of fused-ring (bicyclic) bond motifs is 8. The molecule has 0 fully saturated rings. The first-order valence-electron chi connectivity index (χ1n) is 26.0. The van der Waals surface area contributed by atoms with Crippen LogP contribution in [-0.2, 0) is 74.6 Å². The average molecular weight is 1060 g/mol. The Morgan fingerprint density at radius 3 is 2.29 bits per heavy atom. The second-order valence-corrected chi connectivity index (χ2v) is 20.1. The molecule has 4 amide bonds. The molecule has 0 radical (unpaired) electrons. The molecule has 5 N–H and O–H groups in total. The number of halogens is 1. The maximum atomic E-state index is 15.4. The molecule has 6 aromatic rings. The second kappa shape index (κ2) is 22.3. The van der Waals surface area contributed by atoms with Crippen molar-refractivity contribution in [1.29, 1.82) is 0 Å². The molecule has 2 aliphatic carbocycles. The number of nitrogens with zero attached hydrogens (tertiary/aromatic N) is 2. The molecule has 4 aliphatic rings. The number of pyridine rings is 2. The van der Waals surface area contributed by atoms with E-state index in [1.54, 1.807) is 44.2 Å². The number of carbonyl (C=O) groups is 7. The van der Waals surface area contributed by atoms with Crippen LogP contribution in [0.3, 0.4) is 0 Å². The summed E-state index contributed by atoms with van der Waals surface area (Å²) in [6.07, 6.45) is -0.831. The third-order valence-electron chi connectivity index (χ3n) is 15.3. The van der Waals surface area contributed by atoms with E-state index in [1.165, 1.54) is 10.6 Å². The predicted octanol–water partition coefficient (Wildman–Crippen LogP) is 5.69. The smallest absolute Gasteiger partial charge is 0.407 e. The molecule has 10 rings (SSSR count). The number of carbonyl (C=O) groups excluding carboxylic acids is 7. The van der Waals surface area contributed by atoms with Crippen molar-refractivity contribution in [1.82, 2.24) is 30.8 Å². The van der Waals surface area contributed by atoms with Crippen LogP contribution < -0.4 is 26.8 Å². The van der Waals surface area contributed by atoms with Gasteiger partial charge in [-0.15, -0.1) is 0 Å². The standard InChI is InChI=1S/C59H57FN6O12/c1-3-59(75)43-24-48-55-40(27-66(48)56(72)42(43)29-77-57(59)73)54-45(19-18-35-32(2)44(60)25-47(65-55)53(35)54)63-52(71)30-76-31-62-50(69)22-20-49(68)46(23-33-11-5-4-6-12-33)64-51(70)21-17-34(67)26-61-58(74)78-28-41-38-15-9-7-13-36(38)37-14-8-10-16-39(37)41/h4-16,24-25,41,45-46,75H,3,17-23,26-31H2,1-2H3,(H,61,74)(H,62,69)(H,63,71)(H,64,70)/t45-,46?,59-/m0/s1. The lowest BCUT2D eigenvalue weighted by Gasteiger charge is -2.31. The van der Waals surface area contributed by atoms with E-state index in [-0.39, 0.29) is 88.6 Å². The van der Waals surface area contributed by atoms with Crippen LogP contribution in [0.2, 0.25) is 0 Å². The largest absolute Gasteiger partial charge is 0.458 e. The molecule has 0 spiro atoms. The summed E-state index contributed by atoms with van der Waals surface area (Å²) >= 11 is 0. The first kappa shape index (κ1) is 53.0. The molecule has 3 atom stereocenters. The molecular weight excluding hydrogens is 1000 g/mol. The topological polar surface area (TPSA) is 250 Å². The Kier molecular flexibility index (Phi) is 15.1. The number of rotatable bonds is 20. The molecule has 78 heavy (non-hydrogen) atoms. The van der Waals surface area contributed by atoms with E-state index >= 15 is 4.39 Å². The highest BCUT2D eigenvalue weighted by atomic mass is 19.1. The lowest BCUT2D eigenvalue weighted by Crippen LogP contribution is -2.44. The fourth-order valence-electron chi connectivity index (χ4n) is 11.2. The number of hydrogen-bond acceptors (Lipinski definition) is 13. The SMILES string of the molecule is CC[C@@]1(O)C(=O)OCc2c1cc1n(c2=O)Cc2c-1nc1cc(F)c(C)c3c1c2[C@@H](NC(=O)COCNC(=O)CCC(=O)C(Cc1ccccc1)NC(=O)CCC(=O)CNC(=O)OCC1c2ccccc2-c2ccccc21)CC3. The molecule has 1 unspecified atom stereocenters. The quantitative estimate of drug-likeness (QED) is 0.0350. The zero-order chi connectivity index (χ0) is 54.8. The maximum Gasteiger partial charge on any atom is 0.407 e. The predicted molar refractivity (Wildman–Crippen MR) is 281 cm³/mol. The summed E-state index contributed by atoms with van der Waals surface area (Å²) in [4.78, 5) is 110. The van der Waals surface area contributed by atoms with Crippen LogP contribution in [-0.4, -0.2) is 88.5 Å². The molecule has 402 valence electrons. The van der Waals surface area contributed by atoms with Gasteiger partial charge >= 0.3 is 12.1 Å². The summed E-state index contributed by atoms with van der Waals surface area (Å²) in [6, 6.07) is 26.1. The van der Waals surface area contributed by atoms with E-state index in [4.69, 9.17) is 19.2 Å². The van der Waals surface area contributed by atoms with E-state index in [0.717, 1.165) is 33.4 Å². The zero-order valence-electron chi connectivity index (χ0n) is 43.0. The summed E-state index contributed by atoms with van der Waals surface area (Å²) in [6.45, 7) is 1.94. The van der Waals surface area contributed by atoms with Gasteiger partial charge in [-0.3, -0.25) is 28.8 Å². The van der Waals surface area contributed by atoms with Gasteiger partial charge < -0.3 is 45.2 Å². The third-order valence-corrected chi connectivity index (χ3v) is 15.3. The Bertz CT molecular complexity index is 3460. The van der Waals surface area contributed by atoms with Crippen molar-refractivity contribution in [2.45, 2.75) is 102 Å². The summed E-state index contributed by atoms with van der Waals surface area (Å²) < 4.78 is 33.2. The van der Waals surface area contributed by atoms with Gasteiger partial charge in [0.1, 0.15) is 32.4 Å². The van der Waals surface area contributed by atoms with Gasteiger partial charge in [-0.1, -0.05) is 85.8 Å². The van der Waals surface area contributed by atoms with Crippen molar-refractivity contribution >= 4 is 52.3 Å². The van der Waals surface area contributed by atoms with Gasteiger partial charge in [0.05, 0.1) is 47.6 Å². The van der Waals surface area contributed by atoms with E-state index in [2.05, 4.69) is 21.3 Å². The Hall–Kier alpha value is -8.42. The maximum absolute atomic E-state index is 15.4. The normalized spacial score (nSPS) is 16.9. The number of esters is 1. The first-order valence-corrected chi connectivity index (χ1v) is 26.0. The Balaban J connectivity index is 0.700. The molecule has 0 saturated carbocycles. The number of Topliss-reactive ketones (excluding diaryl/α,β-unsaturated/α-hetero) is 2. The molecule has 4 heterocycles. The fraction of sp³-hybridized carbons (Fsp3) is 0.339. The first-order chi connectivity index (χ1) is 37.6. The van der Waals surface area contributed by atoms with E-state index in [1.807, 2.05) is 54.6 Å². The van der Waals surface area contributed by atoms with Gasteiger partial charge in [-0.2, -0.15) is 0 Å². The minimum Gasteiger partial charge on any atom is -0.458 e. The number of amides is 4. The molecular formula is C59H57FN6O12. The monoisotopic (exact) mass is 1060 g/mol. The van der Waals surface area contributed by atoms with Crippen LogP contribution in [0.4, 0.5) is 9.18 Å². The average Bonchev–Trinajstić information content (AvgIpc) is 3.92. The van der Waals surface area contributed by atoms with Gasteiger partial charge in [0.15, 0.2) is 17.2 Å². The van der Waals surface area contributed by atoms with Gasteiger partial charge in [0.25, 0.3) is 5.56 Å². The van der Waals surface area contributed by atoms with E-state index in [9.17, 15) is 43.5 Å². The lowest BCUT2D eigenvalue weighted by molar-refractivity contribution is -0.172. The number of ketones is 2. The number of aliphatic hydroxyl groups is 1. The highest BCUT2D eigenvalue weighted by Gasteiger charge is 2.46. The number of cyclic esters (lactones) is 1. The van der Waals surface area contributed by atoms with E-state index < -0.39 is 77.0 Å². The van der Waals surface area contributed by atoms with Crippen molar-refractivity contribution < 1.29 is 57.3 Å². The number of benzene rings is 4. The number of nitrogens with one attached hydrogen (secondary N) is 4. The van der Waals surface area contributed by atoms with Gasteiger partial charge in [0, 0.05) is 54.2 Å². The lowest BCUT2D eigenvalue weighted by atomic mass is 9.81. The minimum atomic E-state index is -2.04. The van der Waals surface area contributed by atoms with Crippen molar-refractivity contribution in [3.63, 3.8) is 0 Å². The van der Waals surface area contributed by atoms with Crippen LogP contribution in [0.1, 0.15) is 107 Å². The van der Waals surface area contributed by atoms with Crippen LogP contribution >= 0.6 is 0 Å². The van der Waals surface area contributed by atoms with E-state index in [0.29, 0.717) is 51.8 Å². The second-order valence-electron chi connectivity index (χ2n) is 20.1. The molecule has 0 bridgehead atoms. The number of ether oxygens (including phenoxy) is 3. The van der Waals surface area contributed by atoms with Crippen LogP contribution in [0.15, 0.2) is 95.8 Å². The zero-order valence-corrected chi connectivity index (χ0v) is 43.0. The molecule has 2 aromatic heterocycles. The number of aryl methyl sites for hydroxylation is 1. The molecule has 2 aliphatic heterocycles. The van der Waals surface area contributed by atoms with Crippen molar-refractivity contribution in [2.24, 2.45) is 0 Å². The number of alkyl carbamates (subject to hydrolysis) is 1. The molecule has 0 saturated heterocycles. The highest BCUT2D eigenvalue weighted by molar-refractivity contribution is 5.95. The molecule has 18 nitrogen and oxygen atoms in total. The summed E-state index contributed by atoms with van der Waals surface area (Å²) in [5, 5.41) is 22.8. The van der Waals surface area contributed by atoms with Gasteiger partial charge in [0.2, 0.25) is 17.7 Å². The van der Waals surface area contributed by atoms with Crippen LogP contribution in [0.25, 0.3) is 33.4 Å². The third kappa shape index (κ3) is 10.4. The fourth-order valence-corrected chi connectivity index (χ4v) is 11.2. The molecule has 4 aromatic carbocycles. The number of hydrogen-bond donors (Lipinski definition) is 5. The Labute approximate surface area is 447 Å². The van der Waals surface area contributed by atoms with Gasteiger partial charge in [-0.05, 0) is 83.2 Å². The summed E-state index contributed by atoms with van der Waals surface area (Å²) in [5.41, 5.74) is 6.31. The van der Waals surface area contributed by atoms with Gasteiger partial charge in [-0.25, -0.2) is 19.0 Å². The highest BCUT2D eigenvalue weighted by Crippen LogP contribution is 2.47. The Morgan fingerprint density at radius 1 is 0.859 bits per heavy atom. The molecule has 19 heteroatoms. The van der Waals surface area contributed by atoms with Crippen LogP contribution in [0, 0.1) is 12.7 Å². The van der Waals surface area contributed by atoms with Crippen molar-refractivity contribution in [3.8, 4) is 22.5 Å². The minimum absolute atomic E-state index is 0.0418. The number of aromatic nitrogens is 2. The summed E-state index contributed by atoms with van der Waals surface area (Å²) in [7, 11) is 0. The Morgan fingerprint density at radius 2 is 1.56 bits per heavy atom.